The summed E-state index contributed by atoms with van der Waals surface area (Å²) in [6, 6.07) is 5.83. The van der Waals surface area contributed by atoms with Gasteiger partial charge >= 0.3 is 0 Å². The molecule has 2 N–H and O–H groups in total. The second kappa shape index (κ2) is 9.40. The van der Waals surface area contributed by atoms with Crippen molar-refractivity contribution in [2.75, 3.05) is 6.54 Å². The Bertz CT molecular complexity index is 525. The van der Waals surface area contributed by atoms with Gasteiger partial charge in [0.1, 0.15) is 0 Å². The maximum atomic E-state index is 11.6. The lowest BCUT2D eigenvalue weighted by atomic mass is 9.77. The molecule has 24 heavy (non-hydrogen) atoms. The van der Waals surface area contributed by atoms with E-state index < -0.39 is 0 Å². The van der Waals surface area contributed by atoms with Crippen molar-refractivity contribution >= 4 is 11.8 Å². The summed E-state index contributed by atoms with van der Waals surface area (Å²) in [7, 11) is 0. The first-order valence-electron chi connectivity index (χ1n) is 9.04. The van der Waals surface area contributed by atoms with Gasteiger partial charge in [-0.15, -0.1) is 0 Å². The Morgan fingerprint density at radius 3 is 2.58 bits per heavy atom. The molecule has 132 valence electrons. The van der Waals surface area contributed by atoms with Crippen LogP contribution in [0.25, 0.3) is 0 Å². The molecule has 1 heterocycles. The lowest BCUT2D eigenvalue weighted by Crippen LogP contribution is -2.36. The average molecular weight is 331 g/mol. The number of nitrogens with one attached hydrogen (secondary N) is 2. The van der Waals surface area contributed by atoms with Gasteiger partial charge in [0.05, 0.1) is 11.7 Å². The summed E-state index contributed by atoms with van der Waals surface area (Å²) in [6.07, 6.45) is 7.55. The minimum atomic E-state index is -0.0145. The van der Waals surface area contributed by atoms with Gasteiger partial charge in [-0.1, -0.05) is 13.0 Å². The van der Waals surface area contributed by atoms with Crippen LogP contribution in [0.15, 0.2) is 24.4 Å². The maximum Gasteiger partial charge on any atom is 0.219 e. The maximum absolute atomic E-state index is 11.6. The van der Waals surface area contributed by atoms with Crippen molar-refractivity contribution in [3.8, 4) is 0 Å². The van der Waals surface area contributed by atoms with Crippen molar-refractivity contribution in [2.24, 2.45) is 11.8 Å². The van der Waals surface area contributed by atoms with E-state index in [0.717, 1.165) is 44.3 Å². The van der Waals surface area contributed by atoms with Crippen LogP contribution in [0, 0.1) is 11.8 Å². The van der Waals surface area contributed by atoms with Crippen molar-refractivity contribution in [1.82, 2.24) is 15.6 Å². The lowest BCUT2D eigenvalue weighted by molar-refractivity contribution is -0.122. The van der Waals surface area contributed by atoms with Crippen LogP contribution in [0.5, 0.6) is 0 Å². The van der Waals surface area contributed by atoms with Crippen LogP contribution >= 0.6 is 0 Å². The number of nitrogens with zero attached hydrogens (tertiary/aromatic N) is 1. The normalized spacial score (nSPS) is 21.8. The van der Waals surface area contributed by atoms with E-state index in [9.17, 15) is 9.59 Å². The van der Waals surface area contributed by atoms with Crippen LogP contribution < -0.4 is 10.6 Å². The van der Waals surface area contributed by atoms with E-state index in [2.05, 4.69) is 15.6 Å². The summed E-state index contributed by atoms with van der Waals surface area (Å²) >= 11 is 0. The molecular formula is C19H29N3O2. The third-order valence-corrected chi connectivity index (χ3v) is 4.79. The molecule has 1 aromatic heterocycles. The summed E-state index contributed by atoms with van der Waals surface area (Å²) < 4.78 is 0. The minimum Gasteiger partial charge on any atom is -0.356 e. The molecule has 2 amide bonds. The van der Waals surface area contributed by atoms with Crippen molar-refractivity contribution < 1.29 is 9.59 Å². The van der Waals surface area contributed by atoms with Crippen LogP contribution in [0.2, 0.25) is 0 Å². The predicted molar refractivity (Wildman–Crippen MR) is 94.2 cm³/mol. The van der Waals surface area contributed by atoms with Crippen molar-refractivity contribution in [3.63, 3.8) is 0 Å². The monoisotopic (exact) mass is 331 g/mol. The summed E-state index contributed by atoms with van der Waals surface area (Å²) in [5, 5.41) is 6.12. The highest BCUT2D eigenvalue weighted by Crippen LogP contribution is 2.36. The fourth-order valence-electron chi connectivity index (χ4n) is 3.51. The molecule has 0 aromatic carbocycles. The van der Waals surface area contributed by atoms with Crippen LogP contribution in [0.3, 0.4) is 0 Å². The van der Waals surface area contributed by atoms with E-state index in [1.165, 1.54) is 0 Å². The topological polar surface area (TPSA) is 71.1 Å². The highest BCUT2D eigenvalue weighted by atomic mass is 16.2. The zero-order valence-electron chi connectivity index (χ0n) is 14.8. The van der Waals surface area contributed by atoms with Crippen molar-refractivity contribution in [3.05, 3.63) is 30.1 Å². The summed E-state index contributed by atoms with van der Waals surface area (Å²) in [5.41, 5.74) is 0.937. The van der Waals surface area contributed by atoms with Crippen LogP contribution in [0.1, 0.15) is 64.1 Å². The number of carbonyl (C=O) groups is 2. The van der Waals surface area contributed by atoms with Gasteiger partial charge < -0.3 is 10.6 Å². The van der Waals surface area contributed by atoms with Gasteiger partial charge in [-0.05, 0) is 56.1 Å². The zero-order chi connectivity index (χ0) is 17.4. The number of amides is 2. The van der Waals surface area contributed by atoms with Gasteiger partial charge in [-0.3, -0.25) is 14.6 Å². The summed E-state index contributed by atoms with van der Waals surface area (Å²) in [6.45, 7) is 4.36. The Hall–Kier alpha value is -1.91. The first kappa shape index (κ1) is 18.4. The van der Waals surface area contributed by atoms with Gasteiger partial charge in [-0.2, -0.15) is 0 Å². The highest BCUT2D eigenvalue weighted by Gasteiger charge is 2.30. The van der Waals surface area contributed by atoms with Crippen LogP contribution in [-0.4, -0.2) is 23.3 Å². The van der Waals surface area contributed by atoms with E-state index in [0.29, 0.717) is 18.3 Å². The van der Waals surface area contributed by atoms with Crippen molar-refractivity contribution in [2.45, 2.75) is 58.4 Å². The molecule has 5 nitrogen and oxygen atoms in total. The smallest absolute Gasteiger partial charge is 0.219 e. The average Bonchev–Trinajstić information content (AvgIpc) is 2.59. The van der Waals surface area contributed by atoms with Crippen LogP contribution in [0.4, 0.5) is 0 Å². The van der Waals surface area contributed by atoms with E-state index in [4.69, 9.17) is 0 Å². The molecule has 1 atom stereocenters. The zero-order valence-corrected chi connectivity index (χ0v) is 14.8. The molecule has 1 fully saturated rings. The van der Waals surface area contributed by atoms with Gasteiger partial charge in [0.15, 0.2) is 0 Å². The number of rotatable bonds is 7. The minimum absolute atomic E-state index is 0.0143. The standard InChI is InChI=1S/C19H29N3O2/c1-3-6-18(24)21-13-15-8-10-16(11-9-15)19(22-14(2)23)17-7-4-5-12-20-17/h4-5,7,12,15-16,19H,3,6,8-11,13H2,1-2H3,(H,21,24)(H,22,23)/t15?,16?,19-/m0/s1. The first-order valence-corrected chi connectivity index (χ1v) is 9.04. The summed E-state index contributed by atoms with van der Waals surface area (Å²) in [4.78, 5) is 27.6. The molecule has 0 aliphatic heterocycles. The first-order chi connectivity index (χ1) is 11.6. The Labute approximate surface area is 144 Å². The summed E-state index contributed by atoms with van der Waals surface area (Å²) in [5.74, 6) is 1.10. The molecule has 1 aliphatic rings. The Morgan fingerprint density at radius 2 is 2.00 bits per heavy atom. The van der Waals surface area contributed by atoms with E-state index in [-0.39, 0.29) is 17.9 Å². The van der Waals surface area contributed by atoms with E-state index in [1.54, 1.807) is 13.1 Å². The lowest BCUT2D eigenvalue weighted by Gasteiger charge is -2.34. The largest absolute Gasteiger partial charge is 0.356 e. The van der Waals surface area contributed by atoms with Gasteiger partial charge in [0, 0.05) is 26.1 Å². The molecule has 0 spiro atoms. The molecule has 0 saturated heterocycles. The molecule has 0 radical (unpaired) electrons. The molecule has 1 aliphatic carbocycles. The number of carbonyl (C=O) groups excluding carboxylic acids is 2. The second-order valence-electron chi connectivity index (χ2n) is 6.77. The number of aromatic nitrogens is 1. The Balaban J connectivity index is 1.88. The SMILES string of the molecule is CCCC(=O)NCC1CCC([C@H](NC(C)=O)c2ccccn2)CC1. The van der Waals surface area contributed by atoms with E-state index in [1.807, 2.05) is 25.1 Å². The number of hydrogen-bond donors (Lipinski definition) is 2. The molecule has 1 saturated carbocycles. The Kier molecular flexibility index (Phi) is 7.22. The quantitative estimate of drug-likeness (QED) is 0.807. The fraction of sp³-hybridized carbons (Fsp3) is 0.632. The molecule has 0 unspecified atom stereocenters. The third kappa shape index (κ3) is 5.62. The van der Waals surface area contributed by atoms with Gasteiger partial charge in [0.2, 0.25) is 11.8 Å². The molecular weight excluding hydrogens is 302 g/mol. The second-order valence-corrected chi connectivity index (χ2v) is 6.77. The number of hydrogen-bond acceptors (Lipinski definition) is 3. The van der Waals surface area contributed by atoms with E-state index >= 15 is 0 Å². The van der Waals surface area contributed by atoms with Gasteiger partial charge in [0.25, 0.3) is 0 Å². The molecule has 1 aromatic rings. The Morgan fingerprint density at radius 1 is 1.25 bits per heavy atom. The third-order valence-electron chi connectivity index (χ3n) is 4.79. The molecule has 2 rings (SSSR count). The van der Waals surface area contributed by atoms with Crippen LogP contribution in [-0.2, 0) is 9.59 Å². The fourth-order valence-corrected chi connectivity index (χ4v) is 3.51. The van der Waals surface area contributed by atoms with Gasteiger partial charge in [-0.25, -0.2) is 0 Å². The predicted octanol–water partition coefficient (Wildman–Crippen LogP) is 2.98. The highest BCUT2D eigenvalue weighted by molar-refractivity contribution is 5.75. The molecule has 0 bridgehead atoms. The molecule has 5 heteroatoms. The van der Waals surface area contributed by atoms with Crippen molar-refractivity contribution in [1.29, 1.82) is 0 Å². The number of pyridine rings is 1.